The van der Waals surface area contributed by atoms with Gasteiger partial charge in [-0.1, -0.05) is 26.0 Å². The number of hydrogen-bond acceptors (Lipinski definition) is 10. The SMILES string of the molecule is Cc1nnc(-c2c(CCc3ccc(F)cc3)nc(CC(C)C)c(C#N)c2CCOC(=O)Oc2ccc([N+](=O)[O-])cc2)o1. The minimum atomic E-state index is -1.01. The van der Waals surface area contributed by atoms with Crippen LogP contribution in [0.3, 0.4) is 0 Å². The number of non-ortho nitro benzene ring substituents is 1. The molecule has 0 fully saturated rings. The highest BCUT2D eigenvalue weighted by Crippen LogP contribution is 2.32. The van der Waals surface area contributed by atoms with Gasteiger partial charge in [-0.2, -0.15) is 5.26 Å². The predicted molar refractivity (Wildman–Crippen MR) is 148 cm³/mol. The molecule has 0 saturated heterocycles. The molecule has 0 unspecified atom stereocenters. The number of halogens is 1. The number of benzene rings is 2. The normalized spacial score (nSPS) is 10.9. The molecular formula is C30H28FN5O6. The van der Waals surface area contributed by atoms with Crippen LogP contribution in [0.1, 0.15) is 47.8 Å². The third-order valence-corrected chi connectivity index (χ3v) is 6.29. The van der Waals surface area contributed by atoms with Crippen molar-refractivity contribution in [2.45, 2.75) is 46.5 Å². The second kappa shape index (κ2) is 13.5. The lowest BCUT2D eigenvalue weighted by molar-refractivity contribution is -0.384. The Morgan fingerprint density at radius 1 is 1.07 bits per heavy atom. The van der Waals surface area contributed by atoms with Crippen LogP contribution in [0.15, 0.2) is 52.9 Å². The van der Waals surface area contributed by atoms with Crippen molar-refractivity contribution in [3.05, 3.63) is 98.4 Å². The second-order valence-corrected chi connectivity index (χ2v) is 9.90. The lowest BCUT2D eigenvalue weighted by Crippen LogP contribution is -2.16. The van der Waals surface area contributed by atoms with Crippen LogP contribution in [0, 0.1) is 40.1 Å². The van der Waals surface area contributed by atoms with Crippen LogP contribution < -0.4 is 4.74 Å². The maximum absolute atomic E-state index is 13.5. The molecule has 0 radical (unpaired) electrons. The monoisotopic (exact) mass is 573 g/mol. The van der Waals surface area contributed by atoms with Crippen molar-refractivity contribution in [1.82, 2.24) is 15.2 Å². The van der Waals surface area contributed by atoms with Crippen molar-refractivity contribution in [3.8, 4) is 23.3 Å². The van der Waals surface area contributed by atoms with Gasteiger partial charge in [-0.25, -0.2) is 9.18 Å². The van der Waals surface area contributed by atoms with Gasteiger partial charge in [0, 0.05) is 25.5 Å². The molecule has 0 atom stereocenters. The lowest BCUT2D eigenvalue weighted by atomic mass is 9.91. The summed E-state index contributed by atoms with van der Waals surface area (Å²) in [6, 6.07) is 13.5. The number of pyridine rings is 1. The summed E-state index contributed by atoms with van der Waals surface area (Å²) in [6.07, 6.45) is 0.621. The van der Waals surface area contributed by atoms with Gasteiger partial charge in [0.25, 0.3) is 5.69 Å². The zero-order valence-electron chi connectivity index (χ0n) is 23.3. The number of aryl methyl sites for hydroxylation is 3. The fraction of sp³-hybridized carbons (Fsp3) is 0.300. The Bertz CT molecular complexity index is 1610. The van der Waals surface area contributed by atoms with Gasteiger partial charge in [-0.05, 0) is 60.6 Å². The molecule has 2 heterocycles. The Kier molecular flexibility index (Phi) is 9.54. The molecule has 0 spiro atoms. The van der Waals surface area contributed by atoms with Gasteiger partial charge < -0.3 is 13.9 Å². The minimum absolute atomic E-state index is 0.0801. The molecule has 0 N–H and O–H groups in total. The molecule has 42 heavy (non-hydrogen) atoms. The summed E-state index contributed by atoms with van der Waals surface area (Å²) in [5.41, 5.74) is 3.37. The Balaban J connectivity index is 1.64. The number of nitrogens with zero attached hydrogens (tertiary/aromatic N) is 5. The van der Waals surface area contributed by atoms with Crippen LogP contribution in [-0.2, 0) is 30.4 Å². The van der Waals surface area contributed by atoms with Crippen molar-refractivity contribution in [3.63, 3.8) is 0 Å². The summed E-state index contributed by atoms with van der Waals surface area (Å²) < 4.78 is 29.6. The highest BCUT2D eigenvalue weighted by atomic mass is 19.1. The highest BCUT2D eigenvalue weighted by Gasteiger charge is 2.25. The van der Waals surface area contributed by atoms with E-state index in [0.29, 0.717) is 53.2 Å². The molecule has 4 rings (SSSR count). The summed E-state index contributed by atoms with van der Waals surface area (Å²) in [5, 5.41) is 29.2. The molecule has 2 aromatic heterocycles. The van der Waals surface area contributed by atoms with Gasteiger partial charge in [-0.15, -0.1) is 10.2 Å². The van der Waals surface area contributed by atoms with Crippen molar-refractivity contribution < 1.29 is 28.0 Å². The molecule has 216 valence electrons. The number of aromatic nitrogens is 3. The van der Waals surface area contributed by atoms with Crippen molar-refractivity contribution >= 4 is 11.8 Å². The third kappa shape index (κ3) is 7.51. The second-order valence-electron chi connectivity index (χ2n) is 9.90. The number of carbonyl (C=O) groups is 1. The van der Waals surface area contributed by atoms with Gasteiger partial charge in [0.1, 0.15) is 17.6 Å². The first-order valence-electron chi connectivity index (χ1n) is 13.2. The predicted octanol–water partition coefficient (Wildman–Crippen LogP) is 6.10. The fourth-order valence-electron chi connectivity index (χ4n) is 4.41. The van der Waals surface area contributed by atoms with Crippen LogP contribution in [-0.4, -0.2) is 32.9 Å². The minimum Gasteiger partial charge on any atom is -0.434 e. The first-order chi connectivity index (χ1) is 20.1. The van der Waals surface area contributed by atoms with Gasteiger partial charge >= 0.3 is 6.16 Å². The molecule has 2 aromatic carbocycles. The molecule has 0 aliphatic carbocycles. The average molecular weight is 574 g/mol. The molecule has 0 amide bonds. The number of nitriles is 1. The summed E-state index contributed by atoms with van der Waals surface area (Å²) in [6.45, 7) is 5.54. The quantitative estimate of drug-likeness (QED) is 0.0889. The van der Waals surface area contributed by atoms with E-state index in [1.165, 1.54) is 36.4 Å². The zero-order chi connectivity index (χ0) is 30.2. The molecule has 0 saturated carbocycles. The molecule has 12 heteroatoms. The van der Waals surface area contributed by atoms with Gasteiger partial charge in [-0.3, -0.25) is 15.1 Å². The standard InChI is InChI=1S/C30H28FN5O6/c1-18(2)16-27-25(17-32)24(14-15-40-30(37)42-23-11-9-22(10-12-23)36(38)39)28(29-35-34-19(3)41-29)26(33-27)13-6-20-4-7-21(31)8-5-20/h4-5,7-12,18H,6,13-16H2,1-3H3. The van der Waals surface area contributed by atoms with E-state index in [0.717, 1.165) is 5.56 Å². The summed E-state index contributed by atoms with van der Waals surface area (Å²) >= 11 is 0. The number of nitro benzene ring substituents is 1. The van der Waals surface area contributed by atoms with E-state index in [2.05, 4.69) is 16.3 Å². The van der Waals surface area contributed by atoms with Gasteiger partial charge in [0.15, 0.2) is 0 Å². The first-order valence-corrected chi connectivity index (χ1v) is 13.2. The fourth-order valence-corrected chi connectivity index (χ4v) is 4.41. The molecule has 0 bridgehead atoms. The van der Waals surface area contributed by atoms with Gasteiger partial charge in [0.2, 0.25) is 11.8 Å². The van der Waals surface area contributed by atoms with Crippen molar-refractivity contribution in [1.29, 1.82) is 5.26 Å². The van der Waals surface area contributed by atoms with Crippen LogP contribution in [0.2, 0.25) is 0 Å². The smallest absolute Gasteiger partial charge is 0.434 e. The molecule has 0 aliphatic rings. The summed E-state index contributed by atoms with van der Waals surface area (Å²) in [5.74, 6) is 0.465. The lowest BCUT2D eigenvalue weighted by Gasteiger charge is -2.18. The molecule has 0 aliphatic heterocycles. The Labute approximate surface area is 241 Å². The topological polar surface area (TPSA) is 154 Å². The average Bonchev–Trinajstić information content (AvgIpc) is 3.38. The van der Waals surface area contributed by atoms with Crippen LogP contribution in [0.5, 0.6) is 5.75 Å². The van der Waals surface area contributed by atoms with Crippen LogP contribution >= 0.6 is 0 Å². The Hall–Kier alpha value is -5.18. The third-order valence-electron chi connectivity index (χ3n) is 6.29. The number of nitro groups is 1. The Morgan fingerprint density at radius 2 is 1.79 bits per heavy atom. The van der Waals surface area contributed by atoms with Crippen molar-refractivity contribution in [2.75, 3.05) is 6.61 Å². The zero-order valence-corrected chi connectivity index (χ0v) is 23.3. The maximum atomic E-state index is 13.5. The number of rotatable bonds is 11. The largest absolute Gasteiger partial charge is 0.513 e. The van der Waals surface area contributed by atoms with Gasteiger partial charge in [0.05, 0.1) is 34.0 Å². The summed E-state index contributed by atoms with van der Waals surface area (Å²) in [4.78, 5) is 27.5. The van der Waals surface area contributed by atoms with E-state index >= 15 is 0 Å². The number of carbonyl (C=O) groups excluding carboxylic acids is 1. The van der Waals surface area contributed by atoms with E-state index in [-0.39, 0.29) is 42.1 Å². The number of hydrogen-bond donors (Lipinski definition) is 0. The van der Waals surface area contributed by atoms with E-state index in [1.807, 2.05) is 13.8 Å². The van der Waals surface area contributed by atoms with E-state index in [1.54, 1.807) is 19.1 Å². The van der Waals surface area contributed by atoms with Crippen molar-refractivity contribution in [2.24, 2.45) is 5.92 Å². The summed E-state index contributed by atoms with van der Waals surface area (Å²) in [7, 11) is 0. The highest BCUT2D eigenvalue weighted by molar-refractivity contribution is 5.68. The molecule has 11 nitrogen and oxygen atoms in total. The molecule has 4 aromatic rings. The maximum Gasteiger partial charge on any atom is 0.513 e. The van der Waals surface area contributed by atoms with E-state index < -0.39 is 11.1 Å². The first kappa shape index (κ1) is 29.8. The van der Waals surface area contributed by atoms with Crippen LogP contribution in [0.4, 0.5) is 14.9 Å². The molecular weight excluding hydrogens is 545 g/mol. The van der Waals surface area contributed by atoms with E-state index in [4.69, 9.17) is 18.9 Å². The number of ether oxygens (including phenoxy) is 2. The van der Waals surface area contributed by atoms with Crippen LogP contribution in [0.25, 0.3) is 11.5 Å². The van der Waals surface area contributed by atoms with E-state index in [9.17, 15) is 24.6 Å². The Morgan fingerprint density at radius 3 is 2.38 bits per heavy atom.